The van der Waals surface area contributed by atoms with E-state index in [4.69, 9.17) is 23.2 Å². The van der Waals surface area contributed by atoms with Gasteiger partial charge in [-0.3, -0.25) is 9.39 Å². The summed E-state index contributed by atoms with van der Waals surface area (Å²) in [5, 5.41) is 26.1. The highest BCUT2D eigenvalue weighted by molar-refractivity contribution is 14.0. The van der Waals surface area contributed by atoms with Gasteiger partial charge in [-0.1, -0.05) is 29.3 Å². The fourth-order valence-electron chi connectivity index (χ4n) is 2.75. The number of benzene rings is 1. The van der Waals surface area contributed by atoms with Gasteiger partial charge in [0.1, 0.15) is 5.82 Å². The Kier molecular flexibility index (Phi) is 9.41. The molecular formula is C19H23Cl2IN6O. The smallest absolute Gasteiger partial charge is 0.191 e. The summed E-state index contributed by atoms with van der Waals surface area (Å²) in [7, 11) is 0. The lowest BCUT2D eigenvalue weighted by Crippen LogP contribution is -2.38. The van der Waals surface area contributed by atoms with Crippen LogP contribution in [0.2, 0.25) is 10.0 Å². The molecule has 1 unspecified atom stereocenters. The third-order valence-electron chi connectivity index (χ3n) is 4.06. The van der Waals surface area contributed by atoms with Crippen LogP contribution in [0.5, 0.6) is 0 Å². The molecule has 0 fully saturated rings. The first-order chi connectivity index (χ1) is 13.6. The summed E-state index contributed by atoms with van der Waals surface area (Å²) < 4.78 is 1.96. The molecule has 10 heteroatoms. The van der Waals surface area contributed by atoms with E-state index in [9.17, 15) is 5.11 Å². The average Bonchev–Trinajstić information content (AvgIpc) is 3.08. The van der Waals surface area contributed by atoms with Crippen molar-refractivity contribution in [2.75, 3.05) is 19.6 Å². The van der Waals surface area contributed by atoms with Gasteiger partial charge in [0, 0.05) is 35.8 Å². The minimum Gasteiger partial charge on any atom is -0.386 e. The molecule has 0 saturated heterocycles. The number of nitrogens with zero attached hydrogens (tertiary/aromatic N) is 4. The molecule has 1 atom stereocenters. The quantitative estimate of drug-likeness (QED) is 0.239. The second kappa shape index (κ2) is 11.5. The van der Waals surface area contributed by atoms with Gasteiger partial charge in [-0.05, 0) is 42.8 Å². The van der Waals surface area contributed by atoms with Crippen LogP contribution in [0.25, 0.3) is 5.65 Å². The van der Waals surface area contributed by atoms with E-state index in [0.29, 0.717) is 41.1 Å². The molecule has 156 valence electrons. The predicted molar refractivity (Wildman–Crippen MR) is 128 cm³/mol. The number of nitrogens with one attached hydrogen (secondary N) is 2. The molecule has 0 aliphatic heterocycles. The Morgan fingerprint density at radius 1 is 1.17 bits per heavy atom. The summed E-state index contributed by atoms with van der Waals surface area (Å²) in [6, 6.07) is 10.8. The van der Waals surface area contributed by atoms with Crippen molar-refractivity contribution in [2.24, 2.45) is 4.99 Å². The largest absolute Gasteiger partial charge is 0.386 e. The lowest BCUT2D eigenvalue weighted by molar-refractivity contribution is 0.187. The fourth-order valence-corrected chi connectivity index (χ4v) is 3.29. The standard InChI is InChI=1S/C19H22Cl2N6O.HI/c1-2-22-19(24-12-16(28)13-9-14(20)11-15(21)10-13)23-7-6-18-26-25-17-5-3-4-8-27(17)18;/h3-5,8-11,16,28H,2,6-7,12H2,1H3,(H2,22,23,24);1H. The van der Waals surface area contributed by atoms with E-state index in [2.05, 4.69) is 25.8 Å². The van der Waals surface area contributed by atoms with Crippen molar-refractivity contribution in [1.29, 1.82) is 0 Å². The maximum Gasteiger partial charge on any atom is 0.191 e. The van der Waals surface area contributed by atoms with Crippen LogP contribution in [0, 0.1) is 0 Å². The summed E-state index contributed by atoms with van der Waals surface area (Å²) >= 11 is 12.0. The van der Waals surface area contributed by atoms with E-state index < -0.39 is 6.10 Å². The number of aromatic nitrogens is 3. The second-order valence-corrected chi connectivity index (χ2v) is 7.03. The maximum absolute atomic E-state index is 10.4. The van der Waals surface area contributed by atoms with Gasteiger partial charge in [0.05, 0.1) is 12.6 Å². The van der Waals surface area contributed by atoms with Crippen molar-refractivity contribution >= 4 is 58.8 Å². The number of guanidine groups is 1. The molecule has 7 nitrogen and oxygen atoms in total. The molecule has 3 rings (SSSR count). The van der Waals surface area contributed by atoms with Crippen molar-refractivity contribution in [3.63, 3.8) is 0 Å². The molecule has 0 spiro atoms. The summed E-state index contributed by atoms with van der Waals surface area (Å²) in [5.74, 6) is 1.48. The van der Waals surface area contributed by atoms with Gasteiger partial charge in [-0.2, -0.15) is 0 Å². The minimum atomic E-state index is -0.799. The number of aliphatic hydroxyl groups excluding tert-OH is 1. The predicted octanol–water partition coefficient (Wildman–Crippen LogP) is 3.49. The number of halogens is 3. The summed E-state index contributed by atoms with van der Waals surface area (Å²) in [6.07, 6.45) is 1.82. The lowest BCUT2D eigenvalue weighted by atomic mass is 10.1. The summed E-state index contributed by atoms with van der Waals surface area (Å²) in [6.45, 7) is 3.50. The van der Waals surface area contributed by atoms with Crippen LogP contribution in [0.1, 0.15) is 24.4 Å². The molecule has 2 aromatic heterocycles. The minimum absolute atomic E-state index is 0. The van der Waals surface area contributed by atoms with Crippen molar-refractivity contribution in [3.05, 3.63) is 64.0 Å². The van der Waals surface area contributed by atoms with Gasteiger partial charge in [0.25, 0.3) is 0 Å². The van der Waals surface area contributed by atoms with Crippen LogP contribution in [0.3, 0.4) is 0 Å². The molecule has 0 aliphatic carbocycles. The fraction of sp³-hybridized carbons (Fsp3) is 0.316. The Morgan fingerprint density at radius 2 is 1.93 bits per heavy atom. The maximum atomic E-state index is 10.4. The molecule has 0 saturated carbocycles. The first kappa shape index (κ1) is 23.7. The van der Waals surface area contributed by atoms with Crippen LogP contribution in [0.15, 0.2) is 47.6 Å². The zero-order valence-electron chi connectivity index (χ0n) is 15.8. The van der Waals surface area contributed by atoms with Crippen LogP contribution < -0.4 is 10.6 Å². The Bertz CT molecular complexity index is 945. The number of hydrogen-bond donors (Lipinski definition) is 3. The van der Waals surface area contributed by atoms with Crippen LogP contribution in [0.4, 0.5) is 0 Å². The van der Waals surface area contributed by atoms with Crippen molar-refractivity contribution in [3.8, 4) is 0 Å². The molecule has 29 heavy (non-hydrogen) atoms. The Hall–Kier alpha value is -1.62. The topological polar surface area (TPSA) is 86.8 Å². The van der Waals surface area contributed by atoms with E-state index in [1.54, 1.807) is 18.2 Å². The van der Waals surface area contributed by atoms with Crippen molar-refractivity contribution < 1.29 is 5.11 Å². The van der Waals surface area contributed by atoms with E-state index in [1.165, 1.54) is 0 Å². The molecule has 3 aromatic rings. The van der Waals surface area contributed by atoms with E-state index in [1.807, 2.05) is 35.7 Å². The molecule has 0 bridgehead atoms. The van der Waals surface area contributed by atoms with Gasteiger partial charge in [-0.25, -0.2) is 0 Å². The first-order valence-electron chi connectivity index (χ1n) is 9.01. The normalized spacial score (nSPS) is 12.5. The number of pyridine rings is 1. The van der Waals surface area contributed by atoms with Gasteiger partial charge < -0.3 is 15.7 Å². The SMILES string of the molecule is CCNC(=NCC(O)c1cc(Cl)cc(Cl)c1)NCCc1nnc2ccccn12.I. The van der Waals surface area contributed by atoms with Gasteiger partial charge >= 0.3 is 0 Å². The first-order valence-corrected chi connectivity index (χ1v) is 9.77. The zero-order chi connectivity index (χ0) is 19.9. The molecular weight excluding hydrogens is 526 g/mol. The molecule has 0 amide bonds. The Labute approximate surface area is 196 Å². The molecule has 0 radical (unpaired) electrons. The summed E-state index contributed by atoms with van der Waals surface area (Å²) in [4.78, 5) is 4.45. The van der Waals surface area contributed by atoms with Crippen LogP contribution in [-0.4, -0.2) is 45.3 Å². The zero-order valence-corrected chi connectivity index (χ0v) is 19.7. The highest BCUT2D eigenvalue weighted by Gasteiger charge is 2.10. The van der Waals surface area contributed by atoms with Crippen LogP contribution in [-0.2, 0) is 6.42 Å². The highest BCUT2D eigenvalue weighted by atomic mass is 127. The average molecular weight is 549 g/mol. The van der Waals surface area contributed by atoms with E-state index in [-0.39, 0.29) is 30.5 Å². The Morgan fingerprint density at radius 3 is 2.66 bits per heavy atom. The van der Waals surface area contributed by atoms with Crippen molar-refractivity contribution in [2.45, 2.75) is 19.4 Å². The third-order valence-corrected chi connectivity index (χ3v) is 4.50. The van der Waals surface area contributed by atoms with Gasteiger partial charge in [-0.15, -0.1) is 34.2 Å². The molecule has 3 N–H and O–H groups in total. The number of rotatable bonds is 7. The Balaban J connectivity index is 0.00000300. The molecule has 2 heterocycles. The molecule has 0 aliphatic rings. The van der Waals surface area contributed by atoms with Gasteiger partial charge in [0.2, 0.25) is 0 Å². The monoisotopic (exact) mass is 548 g/mol. The second-order valence-electron chi connectivity index (χ2n) is 6.16. The number of aliphatic imine (C=N–C) groups is 1. The van der Waals surface area contributed by atoms with E-state index in [0.717, 1.165) is 11.5 Å². The third kappa shape index (κ3) is 6.70. The number of aliphatic hydroxyl groups is 1. The lowest BCUT2D eigenvalue weighted by Gasteiger charge is -2.13. The van der Waals surface area contributed by atoms with Crippen molar-refractivity contribution in [1.82, 2.24) is 25.2 Å². The van der Waals surface area contributed by atoms with Gasteiger partial charge in [0.15, 0.2) is 11.6 Å². The number of hydrogen-bond acceptors (Lipinski definition) is 4. The van der Waals surface area contributed by atoms with E-state index >= 15 is 0 Å². The molecule has 1 aromatic carbocycles. The summed E-state index contributed by atoms with van der Waals surface area (Å²) in [5.41, 5.74) is 1.45. The highest BCUT2D eigenvalue weighted by Crippen LogP contribution is 2.23. The number of fused-ring (bicyclic) bond motifs is 1. The van der Waals surface area contributed by atoms with Crippen LogP contribution >= 0.6 is 47.2 Å².